The Morgan fingerprint density at radius 1 is 0.641 bits per heavy atom. The number of hydrogen-bond acceptors (Lipinski definition) is 4. The Balaban J connectivity index is 1.20. The molecule has 6 heteroatoms. The Bertz CT molecular complexity index is 1920. The van der Waals surface area contributed by atoms with Gasteiger partial charge in [-0.05, 0) is 52.4 Å². The average Bonchev–Trinajstić information content (AvgIpc) is 3.55. The van der Waals surface area contributed by atoms with E-state index in [2.05, 4.69) is 70.6 Å². The van der Waals surface area contributed by atoms with Crippen LogP contribution in [0.3, 0.4) is 0 Å². The molecular weight excluding hydrogens is 484 g/mol. The summed E-state index contributed by atoms with van der Waals surface area (Å²) >= 11 is 0. The van der Waals surface area contributed by atoms with Gasteiger partial charge in [-0.2, -0.15) is 0 Å². The van der Waals surface area contributed by atoms with E-state index in [0.717, 1.165) is 12.8 Å². The van der Waals surface area contributed by atoms with E-state index in [0.29, 0.717) is 30.3 Å². The predicted molar refractivity (Wildman–Crippen MR) is 151 cm³/mol. The second-order valence-electron chi connectivity index (χ2n) is 10.1. The maximum atomic E-state index is 13.9. The van der Waals surface area contributed by atoms with Crippen molar-refractivity contribution in [2.24, 2.45) is 0 Å². The van der Waals surface area contributed by atoms with Gasteiger partial charge < -0.3 is 9.13 Å². The van der Waals surface area contributed by atoms with E-state index in [-0.39, 0.29) is 23.0 Å². The highest BCUT2D eigenvalue weighted by Gasteiger charge is 2.38. The first-order valence-corrected chi connectivity index (χ1v) is 13.2. The number of fused-ring (bicyclic) bond motifs is 4. The second-order valence-corrected chi connectivity index (χ2v) is 10.1. The maximum absolute atomic E-state index is 13.9. The molecule has 0 aliphatic heterocycles. The van der Waals surface area contributed by atoms with Gasteiger partial charge in [-0.1, -0.05) is 84.9 Å². The van der Waals surface area contributed by atoms with Crippen LogP contribution in [0.1, 0.15) is 49.3 Å². The van der Waals surface area contributed by atoms with E-state index in [9.17, 15) is 9.59 Å². The standard InChI is InChI=1S/C33H26N4O2/c1-21-35-29-31(37(21)19-17-25-13-7-11-23-9-3-5-15-27(23)25)33(39)30-28(32(29)38)34-20-36(30)18-16-24-12-6-10-22-8-2-4-14-26(22)24/h2-15,20H,16-19H2,1H3. The Morgan fingerprint density at radius 3 is 1.90 bits per heavy atom. The third kappa shape index (κ3) is 3.79. The van der Waals surface area contributed by atoms with Gasteiger partial charge in [0.2, 0.25) is 11.6 Å². The number of nitrogens with zero attached hydrogens (tertiary/aromatic N) is 4. The third-order valence-electron chi connectivity index (χ3n) is 7.84. The Hall–Kier alpha value is -4.84. The normalized spacial score (nSPS) is 12.7. The molecule has 0 fully saturated rings. The molecule has 0 amide bonds. The highest BCUT2D eigenvalue weighted by molar-refractivity contribution is 6.25. The van der Waals surface area contributed by atoms with Crippen molar-refractivity contribution in [1.82, 2.24) is 19.1 Å². The molecule has 2 aromatic heterocycles. The van der Waals surface area contributed by atoms with E-state index in [1.54, 1.807) is 6.33 Å². The molecule has 1 aliphatic carbocycles. The number of carbonyl (C=O) groups excluding carboxylic acids is 2. The Morgan fingerprint density at radius 2 is 1.23 bits per heavy atom. The molecule has 6 aromatic rings. The summed E-state index contributed by atoms with van der Waals surface area (Å²) in [6, 6.07) is 29.1. The van der Waals surface area contributed by atoms with Crippen LogP contribution in [0.15, 0.2) is 91.3 Å². The van der Waals surface area contributed by atoms with Crippen molar-refractivity contribution < 1.29 is 9.59 Å². The summed E-state index contributed by atoms with van der Waals surface area (Å²) in [5.41, 5.74) is 3.54. The van der Waals surface area contributed by atoms with Crippen LogP contribution >= 0.6 is 0 Å². The molecular formula is C33H26N4O2. The smallest absolute Gasteiger partial charge is 0.234 e. The number of aromatic nitrogens is 4. The molecule has 4 aromatic carbocycles. The van der Waals surface area contributed by atoms with E-state index in [1.807, 2.05) is 40.3 Å². The van der Waals surface area contributed by atoms with Crippen molar-refractivity contribution in [3.05, 3.63) is 131 Å². The van der Waals surface area contributed by atoms with Crippen molar-refractivity contribution in [1.29, 1.82) is 0 Å². The molecule has 7 rings (SSSR count). The highest BCUT2D eigenvalue weighted by Crippen LogP contribution is 2.29. The number of ketones is 2. The molecule has 0 saturated carbocycles. The van der Waals surface area contributed by atoms with Gasteiger partial charge in [0.25, 0.3) is 0 Å². The van der Waals surface area contributed by atoms with Gasteiger partial charge in [0, 0.05) is 13.1 Å². The van der Waals surface area contributed by atoms with Crippen LogP contribution in [0.4, 0.5) is 0 Å². The minimum absolute atomic E-state index is 0.187. The van der Waals surface area contributed by atoms with E-state index < -0.39 is 0 Å². The molecule has 6 nitrogen and oxygen atoms in total. The highest BCUT2D eigenvalue weighted by atomic mass is 16.1. The van der Waals surface area contributed by atoms with Gasteiger partial charge in [0.1, 0.15) is 28.6 Å². The number of rotatable bonds is 6. The zero-order valence-corrected chi connectivity index (χ0v) is 21.6. The first-order valence-electron chi connectivity index (χ1n) is 13.2. The fourth-order valence-corrected chi connectivity index (χ4v) is 5.90. The van der Waals surface area contributed by atoms with Crippen LogP contribution in [0.2, 0.25) is 0 Å². The second kappa shape index (κ2) is 9.17. The Labute approximate surface area is 225 Å². The molecule has 0 spiro atoms. The molecule has 0 N–H and O–H groups in total. The summed E-state index contributed by atoms with van der Waals surface area (Å²) in [6.45, 7) is 2.96. The zero-order chi connectivity index (χ0) is 26.5. The molecule has 190 valence electrons. The lowest BCUT2D eigenvalue weighted by Crippen LogP contribution is -2.26. The molecule has 0 saturated heterocycles. The van der Waals surface area contributed by atoms with Crippen LogP contribution in [-0.4, -0.2) is 30.7 Å². The molecule has 1 aliphatic rings. The Kier molecular flexibility index (Phi) is 5.48. The van der Waals surface area contributed by atoms with Crippen molar-refractivity contribution in [3.63, 3.8) is 0 Å². The fourth-order valence-electron chi connectivity index (χ4n) is 5.90. The fraction of sp³-hybridized carbons (Fsp3) is 0.152. The summed E-state index contributed by atoms with van der Waals surface area (Å²) in [5, 5.41) is 4.76. The summed E-state index contributed by atoms with van der Waals surface area (Å²) in [7, 11) is 0. The van der Waals surface area contributed by atoms with Crippen LogP contribution < -0.4 is 0 Å². The minimum Gasteiger partial charge on any atom is -0.327 e. The molecule has 39 heavy (non-hydrogen) atoms. The van der Waals surface area contributed by atoms with Gasteiger partial charge in [-0.25, -0.2) is 9.97 Å². The monoisotopic (exact) mass is 510 g/mol. The van der Waals surface area contributed by atoms with Gasteiger partial charge in [0.05, 0.1) is 6.33 Å². The van der Waals surface area contributed by atoms with Crippen molar-refractivity contribution in [2.75, 3.05) is 0 Å². The topological polar surface area (TPSA) is 69.8 Å². The van der Waals surface area contributed by atoms with E-state index in [4.69, 9.17) is 0 Å². The minimum atomic E-state index is -0.282. The van der Waals surface area contributed by atoms with Gasteiger partial charge in [-0.3, -0.25) is 9.59 Å². The van der Waals surface area contributed by atoms with Crippen molar-refractivity contribution in [2.45, 2.75) is 32.9 Å². The van der Waals surface area contributed by atoms with Gasteiger partial charge in [-0.15, -0.1) is 0 Å². The predicted octanol–water partition coefficient (Wildman–Crippen LogP) is 5.96. The van der Waals surface area contributed by atoms with Crippen molar-refractivity contribution in [3.8, 4) is 0 Å². The summed E-state index contributed by atoms with van der Waals surface area (Å²) < 4.78 is 3.74. The first kappa shape index (κ1) is 23.3. The summed E-state index contributed by atoms with van der Waals surface area (Å²) in [4.78, 5) is 36.3. The quantitative estimate of drug-likeness (QED) is 0.277. The molecule has 0 unspecified atom stereocenters. The van der Waals surface area contributed by atoms with Gasteiger partial charge >= 0.3 is 0 Å². The van der Waals surface area contributed by atoms with Gasteiger partial charge in [0.15, 0.2) is 0 Å². The molecule has 0 bridgehead atoms. The number of imidazole rings is 2. The van der Waals surface area contributed by atoms with Crippen LogP contribution in [-0.2, 0) is 25.9 Å². The molecule has 2 heterocycles. The number of carbonyl (C=O) groups is 2. The maximum Gasteiger partial charge on any atom is 0.234 e. The number of hydrogen-bond donors (Lipinski definition) is 0. The average molecular weight is 511 g/mol. The summed E-state index contributed by atoms with van der Waals surface area (Å²) in [5.74, 6) is 0.193. The van der Waals surface area contributed by atoms with E-state index in [1.165, 1.54) is 32.7 Å². The number of benzene rings is 4. The summed E-state index contributed by atoms with van der Waals surface area (Å²) in [6.07, 6.45) is 3.06. The van der Waals surface area contributed by atoms with Crippen molar-refractivity contribution >= 4 is 33.1 Å². The largest absolute Gasteiger partial charge is 0.327 e. The first-order chi connectivity index (χ1) is 19.1. The molecule has 0 atom stereocenters. The third-order valence-corrected chi connectivity index (χ3v) is 7.84. The lowest BCUT2D eigenvalue weighted by molar-refractivity contribution is 0.0962. The lowest BCUT2D eigenvalue weighted by atomic mass is 9.98. The van der Waals surface area contributed by atoms with Crippen LogP contribution in [0.25, 0.3) is 21.5 Å². The van der Waals surface area contributed by atoms with Crippen LogP contribution in [0.5, 0.6) is 0 Å². The number of aryl methyl sites for hydroxylation is 4. The van der Waals surface area contributed by atoms with E-state index >= 15 is 0 Å². The SMILES string of the molecule is Cc1nc2c(n1CCc1cccc3ccccc13)C(=O)c1c(ncn1CCc1cccc3ccccc13)C2=O. The van der Waals surface area contributed by atoms with Crippen LogP contribution in [0, 0.1) is 6.92 Å². The lowest BCUT2D eigenvalue weighted by Gasteiger charge is -2.16. The zero-order valence-electron chi connectivity index (χ0n) is 21.6. The molecule has 0 radical (unpaired) electrons.